The molecule has 0 bridgehead atoms. The Morgan fingerprint density at radius 2 is 1.94 bits per heavy atom. The highest BCUT2D eigenvalue weighted by molar-refractivity contribution is 6.13. The fourth-order valence-electron chi connectivity index (χ4n) is 3.79. The summed E-state index contributed by atoms with van der Waals surface area (Å²) < 4.78 is 33.6. The lowest BCUT2D eigenvalue weighted by Gasteiger charge is -2.15. The molecule has 0 saturated carbocycles. The van der Waals surface area contributed by atoms with Crippen molar-refractivity contribution in [2.24, 2.45) is 0 Å². The van der Waals surface area contributed by atoms with Gasteiger partial charge >= 0.3 is 0 Å². The first kappa shape index (κ1) is 22.6. The molecule has 10 heteroatoms. The number of ether oxygens (including phenoxy) is 1. The highest BCUT2D eigenvalue weighted by atomic mass is 19.1. The van der Waals surface area contributed by atoms with Crippen LogP contribution in [0.4, 0.5) is 20.3 Å². The Bertz CT molecular complexity index is 1500. The number of pyridine rings is 2. The van der Waals surface area contributed by atoms with E-state index in [4.69, 9.17) is 9.72 Å². The second kappa shape index (κ2) is 9.59. The zero-order valence-corrected chi connectivity index (χ0v) is 19.2. The molecular formula is C25H23F2N7O. The number of para-hydroxylation sites is 1. The number of aromatic amines is 1. The average molecular weight is 476 g/mol. The van der Waals surface area contributed by atoms with Crippen LogP contribution in [-0.4, -0.2) is 57.3 Å². The van der Waals surface area contributed by atoms with Gasteiger partial charge in [-0.05, 0) is 38.4 Å². The monoisotopic (exact) mass is 475 g/mol. The maximum atomic E-state index is 15.0. The summed E-state index contributed by atoms with van der Waals surface area (Å²) in [6.07, 6.45) is 3.40. The van der Waals surface area contributed by atoms with Crippen molar-refractivity contribution in [2.45, 2.75) is 6.67 Å². The second-order valence-corrected chi connectivity index (χ2v) is 8.26. The van der Waals surface area contributed by atoms with E-state index >= 15 is 0 Å². The van der Waals surface area contributed by atoms with Crippen LogP contribution < -0.4 is 10.1 Å². The third-order valence-corrected chi connectivity index (χ3v) is 5.54. The Morgan fingerprint density at radius 1 is 1.06 bits per heavy atom. The lowest BCUT2D eigenvalue weighted by atomic mass is 10.0. The molecule has 0 unspecified atom stereocenters. The Hall–Kier alpha value is -4.18. The zero-order valence-electron chi connectivity index (χ0n) is 19.2. The summed E-state index contributed by atoms with van der Waals surface area (Å²) in [6.45, 7) is 0.430. The lowest BCUT2D eigenvalue weighted by molar-refractivity contribution is 0.260. The first-order chi connectivity index (χ1) is 17.0. The summed E-state index contributed by atoms with van der Waals surface area (Å²) in [6, 6.07) is 12.1. The van der Waals surface area contributed by atoms with Crippen LogP contribution in [0.25, 0.3) is 33.1 Å². The quantitative estimate of drug-likeness (QED) is 0.310. The van der Waals surface area contributed by atoms with Crippen molar-refractivity contribution in [3.8, 4) is 17.1 Å². The number of aromatic nitrogens is 5. The number of nitrogens with zero attached hydrogens (tertiary/aromatic N) is 5. The van der Waals surface area contributed by atoms with E-state index in [9.17, 15) is 8.78 Å². The molecule has 2 aromatic carbocycles. The largest absolute Gasteiger partial charge is 0.492 e. The summed E-state index contributed by atoms with van der Waals surface area (Å²) in [4.78, 5) is 14.0. The normalized spacial score (nSPS) is 11.5. The van der Waals surface area contributed by atoms with E-state index in [-0.39, 0.29) is 11.5 Å². The first-order valence-corrected chi connectivity index (χ1v) is 11.0. The summed E-state index contributed by atoms with van der Waals surface area (Å²) in [7, 11) is 3.89. The SMILES string of the molecule is CN(C)CCOc1ccc(Nc2nc3c(-c4nnc(CF)[nH]4)cccc3c3cnccc23)c(F)c1. The molecule has 0 radical (unpaired) electrons. The molecule has 35 heavy (non-hydrogen) atoms. The van der Waals surface area contributed by atoms with E-state index in [0.29, 0.717) is 35.1 Å². The van der Waals surface area contributed by atoms with Gasteiger partial charge in [-0.2, -0.15) is 0 Å². The van der Waals surface area contributed by atoms with Gasteiger partial charge in [-0.1, -0.05) is 12.1 Å². The summed E-state index contributed by atoms with van der Waals surface area (Å²) in [5.74, 6) is 0.968. The van der Waals surface area contributed by atoms with Crippen LogP contribution in [0, 0.1) is 5.82 Å². The number of rotatable bonds is 8. The molecule has 0 aliphatic carbocycles. The van der Waals surface area contributed by atoms with Crippen LogP contribution in [0.5, 0.6) is 5.75 Å². The minimum Gasteiger partial charge on any atom is -0.492 e. The van der Waals surface area contributed by atoms with Gasteiger partial charge in [-0.15, -0.1) is 10.2 Å². The van der Waals surface area contributed by atoms with Crippen LogP contribution >= 0.6 is 0 Å². The fourth-order valence-corrected chi connectivity index (χ4v) is 3.79. The molecule has 0 amide bonds. The molecule has 0 spiro atoms. The van der Waals surface area contributed by atoms with Crippen LogP contribution in [0.2, 0.25) is 0 Å². The van der Waals surface area contributed by atoms with Gasteiger partial charge in [0, 0.05) is 46.7 Å². The van der Waals surface area contributed by atoms with Gasteiger partial charge in [0.1, 0.15) is 30.7 Å². The van der Waals surface area contributed by atoms with Gasteiger partial charge < -0.3 is 19.9 Å². The van der Waals surface area contributed by atoms with Crippen molar-refractivity contribution in [3.63, 3.8) is 0 Å². The number of anilines is 2. The Kier molecular flexibility index (Phi) is 6.19. The van der Waals surface area contributed by atoms with Crippen molar-refractivity contribution in [3.05, 3.63) is 66.5 Å². The molecule has 0 fully saturated rings. The molecule has 0 saturated heterocycles. The highest BCUT2D eigenvalue weighted by Gasteiger charge is 2.16. The number of likely N-dealkylation sites (N-methyl/N-ethyl adjacent to an activating group) is 1. The average Bonchev–Trinajstić information content (AvgIpc) is 3.34. The predicted octanol–water partition coefficient (Wildman–Crippen LogP) is 4.86. The van der Waals surface area contributed by atoms with E-state index in [2.05, 4.69) is 25.5 Å². The molecule has 5 rings (SSSR count). The number of hydrogen-bond donors (Lipinski definition) is 2. The Balaban J connectivity index is 1.56. The maximum absolute atomic E-state index is 15.0. The zero-order chi connectivity index (χ0) is 24.4. The smallest absolute Gasteiger partial charge is 0.163 e. The minimum atomic E-state index is -0.751. The lowest BCUT2D eigenvalue weighted by Crippen LogP contribution is -2.19. The molecule has 0 aliphatic rings. The Morgan fingerprint density at radius 3 is 2.71 bits per heavy atom. The van der Waals surface area contributed by atoms with E-state index in [1.807, 2.05) is 43.3 Å². The van der Waals surface area contributed by atoms with Gasteiger partial charge in [-0.25, -0.2) is 13.8 Å². The molecule has 3 aromatic heterocycles. The van der Waals surface area contributed by atoms with E-state index < -0.39 is 12.5 Å². The molecule has 0 aliphatic heterocycles. The number of hydrogen-bond acceptors (Lipinski definition) is 7. The molecule has 5 aromatic rings. The van der Waals surface area contributed by atoms with E-state index in [1.54, 1.807) is 24.5 Å². The topological polar surface area (TPSA) is 91.9 Å². The number of nitrogens with one attached hydrogen (secondary N) is 2. The Labute approximate surface area is 200 Å². The van der Waals surface area contributed by atoms with Crippen molar-refractivity contribution in [2.75, 3.05) is 32.6 Å². The molecule has 8 nitrogen and oxygen atoms in total. The molecule has 3 heterocycles. The van der Waals surface area contributed by atoms with Gasteiger partial charge in [0.05, 0.1) is 11.2 Å². The van der Waals surface area contributed by atoms with Crippen molar-refractivity contribution < 1.29 is 13.5 Å². The minimum absolute atomic E-state index is 0.132. The number of benzene rings is 2. The predicted molar refractivity (Wildman–Crippen MR) is 131 cm³/mol. The van der Waals surface area contributed by atoms with Gasteiger partial charge in [0.25, 0.3) is 0 Å². The summed E-state index contributed by atoms with van der Waals surface area (Å²) in [5.41, 5.74) is 1.50. The molecule has 178 valence electrons. The van der Waals surface area contributed by atoms with Crippen LogP contribution in [-0.2, 0) is 6.67 Å². The molecule has 2 N–H and O–H groups in total. The summed E-state index contributed by atoms with van der Waals surface area (Å²) >= 11 is 0. The number of halogens is 2. The highest BCUT2D eigenvalue weighted by Crippen LogP contribution is 2.35. The first-order valence-electron chi connectivity index (χ1n) is 11.0. The van der Waals surface area contributed by atoms with Crippen LogP contribution in [0.1, 0.15) is 5.82 Å². The van der Waals surface area contributed by atoms with E-state index in [1.165, 1.54) is 6.07 Å². The standard InChI is InChI=1S/C25H23F2N7O/c1-34(2)10-11-35-15-6-7-21(20(27)12-15)29-24-17-8-9-28-14-19(17)16-4-3-5-18(23(16)31-24)25-30-22(13-26)32-33-25/h3-9,12,14H,10-11,13H2,1-2H3,(H,29,31)(H,30,32,33). The number of alkyl halides is 1. The molecular weight excluding hydrogens is 452 g/mol. The van der Waals surface area contributed by atoms with Crippen molar-refractivity contribution >= 4 is 33.2 Å². The van der Waals surface area contributed by atoms with Crippen LogP contribution in [0.3, 0.4) is 0 Å². The molecule has 0 atom stereocenters. The third-order valence-electron chi connectivity index (χ3n) is 5.54. The van der Waals surface area contributed by atoms with E-state index in [0.717, 1.165) is 22.7 Å². The number of fused-ring (bicyclic) bond motifs is 3. The van der Waals surface area contributed by atoms with Crippen molar-refractivity contribution in [1.82, 2.24) is 30.0 Å². The van der Waals surface area contributed by atoms with Crippen molar-refractivity contribution in [1.29, 1.82) is 0 Å². The number of H-pyrrole nitrogens is 1. The van der Waals surface area contributed by atoms with Crippen LogP contribution in [0.15, 0.2) is 54.9 Å². The summed E-state index contributed by atoms with van der Waals surface area (Å²) in [5, 5.41) is 13.4. The van der Waals surface area contributed by atoms with Gasteiger partial charge in [0.2, 0.25) is 0 Å². The fraction of sp³-hybridized carbons (Fsp3) is 0.200. The van der Waals surface area contributed by atoms with Gasteiger partial charge in [-0.3, -0.25) is 4.98 Å². The second-order valence-electron chi connectivity index (χ2n) is 8.26. The third kappa shape index (κ3) is 4.60. The van der Waals surface area contributed by atoms with Gasteiger partial charge in [0.15, 0.2) is 11.6 Å². The maximum Gasteiger partial charge on any atom is 0.163 e.